The number of unbranched alkanes of at least 4 members (excludes halogenated alkanes) is 5. The first-order chi connectivity index (χ1) is 17.0. The largest absolute Gasteiger partial charge is 0.478 e. The number of sulfonamides is 1. The lowest BCUT2D eigenvalue weighted by Crippen LogP contribution is -2.34. The number of aromatic nitrogens is 2. The summed E-state index contributed by atoms with van der Waals surface area (Å²) in [5.74, 6) is -1.67. The molecule has 2 aromatic heterocycles. The van der Waals surface area contributed by atoms with Crippen LogP contribution in [0.1, 0.15) is 66.9 Å². The number of rotatable bonds is 12. The van der Waals surface area contributed by atoms with Crippen LogP contribution in [0.3, 0.4) is 0 Å². The van der Waals surface area contributed by atoms with Gasteiger partial charge in [0, 0.05) is 24.0 Å². The predicted octanol–water partition coefficient (Wildman–Crippen LogP) is 6.04. The number of pyridine rings is 2. The molecule has 0 amide bonds. The van der Waals surface area contributed by atoms with Crippen molar-refractivity contribution in [3.8, 4) is 0 Å². The van der Waals surface area contributed by atoms with Gasteiger partial charge in [0.1, 0.15) is 5.56 Å². The Hall–Kier alpha value is -3.21. The number of fused-ring (bicyclic) bond motifs is 1. The van der Waals surface area contributed by atoms with Crippen LogP contribution >= 0.6 is 0 Å². The molecular formula is C25H28F3N3O4S. The third-order valence-electron chi connectivity index (χ3n) is 5.79. The molecule has 0 aliphatic heterocycles. The number of alkyl halides is 3. The van der Waals surface area contributed by atoms with E-state index in [2.05, 4.69) is 16.9 Å². The van der Waals surface area contributed by atoms with Crippen LogP contribution in [0, 0.1) is 0 Å². The predicted molar refractivity (Wildman–Crippen MR) is 131 cm³/mol. The van der Waals surface area contributed by atoms with Crippen molar-refractivity contribution in [3.05, 3.63) is 65.6 Å². The van der Waals surface area contributed by atoms with Gasteiger partial charge in [0.25, 0.3) is 0 Å². The Labute approximate surface area is 208 Å². The maximum absolute atomic E-state index is 13.6. The van der Waals surface area contributed by atoms with Crippen LogP contribution < -0.4 is 4.31 Å². The Kier molecular flexibility index (Phi) is 8.89. The van der Waals surface area contributed by atoms with Gasteiger partial charge >= 0.3 is 12.1 Å². The van der Waals surface area contributed by atoms with Gasteiger partial charge in [-0.2, -0.15) is 13.2 Å². The molecule has 11 heteroatoms. The fourth-order valence-electron chi connectivity index (χ4n) is 3.93. The summed E-state index contributed by atoms with van der Waals surface area (Å²) in [6.45, 7) is 1.85. The van der Waals surface area contributed by atoms with E-state index in [9.17, 15) is 31.5 Å². The number of carbonyl (C=O) groups is 1. The third kappa shape index (κ3) is 6.71. The smallest absolute Gasteiger partial charge is 0.416 e. The van der Waals surface area contributed by atoms with Gasteiger partial charge in [-0.05, 0) is 30.2 Å². The van der Waals surface area contributed by atoms with Gasteiger partial charge in [0.05, 0.1) is 29.1 Å². The molecule has 194 valence electrons. The highest BCUT2D eigenvalue weighted by molar-refractivity contribution is 7.92. The number of hydrogen-bond acceptors (Lipinski definition) is 5. The van der Waals surface area contributed by atoms with Crippen LogP contribution in [-0.4, -0.2) is 35.2 Å². The summed E-state index contributed by atoms with van der Waals surface area (Å²) in [5, 5.41) is 9.83. The second-order valence-electron chi connectivity index (χ2n) is 8.51. The zero-order valence-corrected chi connectivity index (χ0v) is 20.6. The number of hydrogen-bond donors (Lipinski definition) is 1. The Balaban J connectivity index is 2.11. The molecule has 36 heavy (non-hydrogen) atoms. The molecule has 0 aliphatic rings. The molecule has 0 fully saturated rings. The first-order valence-electron chi connectivity index (χ1n) is 11.7. The number of benzene rings is 1. The molecule has 0 aliphatic carbocycles. The first-order valence-corrected chi connectivity index (χ1v) is 13.3. The third-order valence-corrected chi connectivity index (χ3v) is 7.58. The van der Waals surface area contributed by atoms with E-state index in [1.54, 1.807) is 12.1 Å². The van der Waals surface area contributed by atoms with E-state index in [4.69, 9.17) is 0 Å². The summed E-state index contributed by atoms with van der Waals surface area (Å²) < 4.78 is 68.0. The molecular weight excluding hydrogens is 495 g/mol. The van der Waals surface area contributed by atoms with Crippen LogP contribution in [0.5, 0.6) is 0 Å². The molecule has 0 bridgehead atoms. The summed E-state index contributed by atoms with van der Waals surface area (Å²) in [6, 6.07) is 5.91. The molecule has 0 radical (unpaired) electrons. The van der Waals surface area contributed by atoms with E-state index < -0.39 is 33.3 Å². The summed E-state index contributed by atoms with van der Waals surface area (Å²) in [6.07, 6.45) is 4.29. The average molecular weight is 524 g/mol. The first kappa shape index (κ1) is 27.4. The van der Waals surface area contributed by atoms with Crippen molar-refractivity contribution in [2.75, 3.05) is 10.1 Å². The molecule has 0 atom stereocenters. The van der Waals surface area contributed by atoms with Crippen LogP contribution in [0.25, 0.3) is 10.9 Å². The monoisotopic (exact) mass is 523 g/mol. The minimum atomic E-state index is -4.64. The van der Waals surface area contributed by atoms with Crippen molar-refractivity contribution in [1.82, 2.24) is 9.97 Å². The van der Waals surface area contributed by atoms with Gasteiger partial charge in [-0.15, -0.1) is 0 Å². The normalized spacial score (nSPS) is 12.1. The maximum Gasteiger partial charge on any atom is 0.416 e. The van der Waals surface area contributed by atoms with E-state index in [0.717, 1.165) is 54.4 Å². The van der Waals surface area contributed by atoms with Gasteiger partial charge in [0.15, 0.2) is 0 Å². The average Bonchev–Trinajstić information content (AvgIpc) is 2.83. The molecule has 3 rings (SSSR count). The van der Waals surface area contributed by atoms with Gasteiger partial charge < -0.3 is 5.11 Å². The van der Waals surface area contributed by atoms with Crippen molar-refractivity contribution >= 4 is 32.6 Å². The molecule has 0 spiro atoms. The molecule has 7 nitrogen and oxygen atoms in total. The van der Waals surface area contributed by atoms with Crippen molar-refractivity contribution < 1.29 is 31.5 Å². The zero-order chi connectivity index (χ0) is 26.3. The van der Waals surface area contributed by atoms with Crippen molar-refractivity contribution in [2.45, 2.75) is 58.2 Å². The van der Waals surface area contributed by atoms with Crippen LogP contribution in [0.4, 0.5) is 18.9 Å². The summed E-state index contributed by atoms with van der Waals surface area (Å²) in [5.41, 5.74) is -1.26. The molecule has 2 heterocycles. The number of carboxylic acids is 1. The van der Waals surface area contributed by atoms with Crippen LogP contribution in [0.15, 0.2) is 48.9 Å². The molecule has 0 saturated heterocycles. The quantitative estimate of drug-likeness (QED) is 0.290. The Morgan fingerprint density at radius 3 is 2.42 bits per heavy atom. The fraction of sp³-hybridized carbons (Fsp3) is 0.400. The van der Waals surface area contributed by atoms with Crippen molar-refractivity contribution in [2.24, 2.45) is 0 Å². The highest BCUT2D eigenvalue weighted by Crippen LogP contribution is 2.37. The van der Waals surface area contributed by atoms with Gasteiger partial charge in [-0.3, -0.25) is 14.3 Å². The highest BCUT2D eigenvalue weighted by Gasteiger charge is 2.33. The molecule has 1 aromatic carbocycles. The van der Waals surface area contributed by atoms with E-state index in [1.807, 2.05) is 0 Å². The highest BCUT2D eigenvalue weighted by atomic mass is 32.2. The van der Waals surface area contributed by atoms with E-state index in [-0.39, 0.29) is 28.9 Å². The lowest BCUT2D eigenvalue weighted by molar-refractivity contribution is -0.137. The lowest BCUT2D eigenvalue weighted by Gasteiger charge is -2.27. The van der Waals surface area contributed by atoms with Gasteiger partial charge in [0.2, 0.25) is 10.0 Å². The SMILES string of the molecule is CCCCCCCCS(=O)(=O)N(Cc1cccnc1)c1c(C(=O)O)cnc2cc(C(F)(F)F)ccc12. The summed E-state index contributed by atoms with van der Waals surface area (Å²) in [7, 11) is -4.06. The standard InChI is InChI=1S/C25H28F3N3O4S/c1-2-3-4-5-6-7-13-36(34,35)31(17-18-9-8-12-29-15-18)23-20-11-10-19(25(26,27)28)14-22(20)30-16-21(23)24(32)33/h8-12,14-16H,2-7,13,17H2,1H3,(H,32,33). The van der Waals surface area contributed by atoms with Gasteiger partial charge in [-0.1, -0.05) is 51.2 Å². The molecule has 3 aromatic rings. The minimum absolute atomic E-state index is 0.00156. The van der Waals surface area contributed by atoms with E-state index >= 15 is 0 Å². The van der Waals surface area contributed by atoms with Crippen LogP contribution in [-0.2, 0) is 22.7 Å². The lowest BCUT2D eigenvalue weighted by atomic mass is 10.1. The molecule has 0 saturated carbocycles. The summed E-state index contributed by atoms with van der Waals surface area (Å²) >= 11 is 0. The Bertz CT molecular complexity index is 1300. The zero-order valence-electron chi connectivity index (χ0n) is 19.8. The van der Waals surface area contributed by atoms with E-state index in [1.165, 1.54) is 12.4 Å². The number of aromatic carboxylic acids is 1. The number of anilines is 1. The number of carboxylic acid groups (broad SMARTS) is 1. The second-order valence-corrected chi connectivity index (χ2v) is 10.5. The second kappa shape index (κ2) is 11.7. The Morgan fingerprint density at radius 2 is 1.78 bits per heavy atom. The van der Waals surface area contributed by atoms with Crippen LogP contribution in [0.2, 0.25) is 0 Å². The summed E-state index contributed by atoms with van der Waals surface area (Å²) in [4.78, 5) is 20.0. The van der Waals surface area contributed by atoms with Crippen molar-refractivity contribution in [1.29, 1.82) is 0 Å². The number of halogens is 3. The maximum atomic E-state index is 13.6. The van der Waals surface area contributed by atoms with Crippen molar-refractivity contribution in [3.63, 3.8) is 0 Å². The minimum Gasteiger partial charge on any atom is -0.478 e. The topological polar surface area (TPSA) is 100 Å². The Morgan fingerprint density at radius 1 is 1.06 bits per heavy atom. The number of nitrogens with zero attached hydrogens (tertiary/aromatic N) is 3. The van der Waals surface area contributed by atoms with Gasteiger partial charge in [-0.25, -0.2) is 13.2 Å². The van der Waals surface area contributed by atoms with E-state index in [0.29, 0.717) is 18.4 Å². The fourth-order valence-corrected chi connectivity index (χ4v) is 5.54. The molecule has 1 N–H and O–H groups in total. The molecule has 0 unspecified atom stereocenters.